The van der Waals surface area contributed by atoms with Gasteiger partial charge in [-0.3, -0.25) is 4.79 Å². The summed E-state index contributed by atoms with van der Waals surface area (Å²) < 4.78 is 4.92. The fraction of sp³-hybridized carbons (Fsp3) is 0.545. The maximum absolute atomic E-state index is 11.4. The van der Waals surface area contributed by atoms with Gasteiger partial charge >= 0.3 is 0 Å². The van der Waals surface area contributed by atoms with Crippen LogP contribution < -0.4 is 5.32 Å². The van der Waals surface area contributed by atoms with Gasteiger partial charge in [-0.1, -0.05) is 6.07 Å². The van der Waals surface area contributed by atoms with E-state index in [4.69, 9.17) is 4.74 Å². The molecule has 0 atom stereocenters. The van der Waals surface area contributed by atoms with E-state index in [1.54, 1.807) is 18.4 Å². The predicted molar refractivity (Wildman–Crippen MR) is 62.1 cm³/mol. The molecule has 0 aliphatic heterocycles. The Balaban J connectivity index is 2.04. The molecule has 84 valence electrons. The third-order valence-corrected chi connectivity index (χ3v) is 2.89. The van der Waals surface area contributed by atoms with Gasteiger partial charge in [-0.2, -0.15) is 0 Å². The maximum Gasteiger partial charge on any atom is 0.225 e. The lowest BCUT2D eigenvalue weighted by molar-refractivity contribution is -0.120. The van der Waals surface area contributed by atoms with Crippen molar-refractivity contribution in [3.8, 4) is 0 Å². The minimum atomic E-state index is 0.106. The third-order valence-electron chi connectivity index (χ3n) is 2.01. The highest BCUT2D eigenvalue weighted by atomic mass is 32.1. The SMILES string of the molecule is COCCCCNC(=O)Cc1cccs1. The number of hydrogen-bond donors (Lipinski definition) is 1. The van der Waals surface area contributed by atoms with Gasteiger partial charge in [-0.05, 0) is 24.3 Å². The summed E-state index contributed by atoms with van der Waals surface area (Å²) in [5, 5.41) is 4.88. The van der Waals surface area contributed by atoms with E-state index >= 15 is 0 Å². The Morgan fingerprint density at radius 3 is 3.07 bits per heavy atom. The zero-order valence-corrected chi connectivity index (χ0v) is 9.81. The summed E-state index contributed by atoms with van der Waals surface area (Å²) in [4.78, 5) is 12.5. The maximum atomic E-state index is 11.4. The smallest absolute Gasteiger partial charge is 0.225 e. The number of thiophene rings is 1. The summed E-state index contributed by atoms with van der Waals surface area (Å²) >= 11 is 1.62. The Morgan fingerprint density at radius 2 is 2.40 bits per heavy atom. The Kier molecular flexibility index (Phi) is 6.04. The average molecular weight is 227 g/mol. The van der Waals surface area contributed by atoms with Crippen molar-refractivity contribution in [2.45, 2.75) is 19.3 Å². The molecule has 3 nitrogen and oxygen atoms in total. The van der Waals surface area contributed by atoms with Crippen LogP contribution in [-0.2, 0) is 16.0 Å². The number of carbonyl (C=O) groups is 1. The summed E-state index contributed by atoms with van der Waals surface area (Å²) in [5.41, 5.74) is 0. The summed E-state index contributed by atoms with van der Waals surface area (Å²) in [7, 11) is 1.69. The van der Waals surface area contributed by atoms with Crippen molar-refractivity contribution >= 4 is 17.2 Å². The molecule has 1 N–H and O–H groups in total. The van der Waals surface area contributed by atoms with Crippen LogP contribution >= 0.6 is 11.3 Å². The van der Waals surface area contributed by atoms with Gasteiger partial charge in [-0.15, -0.1) is 11.3 Å². The molecule has 1 heterocycles. The molecule has 1 rings (SSSR count). The van der Waals surface area contributed by atoms with Crippen LogP contribution in [0, 0.1) is 0 Å². The predicted octanol–water partition coefficient (Wildman–Crippen LogP) is 1.83. The molecule has 15 heavy (non-hydrogen) atoms. The van der Waals surface area contributed by atoms with Crippen molar-refractivity contribution in [1.29, 1.82) is 0 Å². The minimum absolute atomic E-state index is 0.106. The Hall–Kier alpha value is -0.870. The molecule has 0 fully saturated rings. The van der Waals surface area contributed by atoms with Crippen LogP contribution in [-0.4, -0.2) is 26.2 Å². The lowest BCUT2D eigenvalue weighted by atomic mass is 10.3. The summed E-state index contributed by atoms with van der Waals surface area (Å²) in [5.74, 6) is 0.106. The first kappa shape index (κ1) is 12.2. The molecule has 0 saturated carbocycles. The largest absolute Gasteiger partial charge is 0.385 e. The second kappa shape index (κ2) is 7.43. The van der Waals surface area contributed by atoms with Crippen molar-refractivity contribution in [3.63, 3.8) is 0 Å². The molecule has 0 aliphatic carbocycles. The van der Waals surface area contributed by atoms with E-state index in [-0.39, 0.29) is 5.91 Å². The van der Waals surface area contributed by atoms with Gasteiger partial charge in [0.15, 0.2) is 0 Å². The van der Waals surface area contributed by atoms with Crippen LogP contribution in [0.3, 0.4) is 0 Å². The monoisotopic (exact) mass is 227 g/mol. The van der Waals surface area contributed by atoms with E-state index in [0.717, 1.165) is 30.9 Å². The number of nitrogens with one attached hydrogen (secondary N) is 1. The summed E-state index contributed by atoms with van der Waals surface area (Å²) in [6.45, 7) is 1.51. The highest BCUT2D eigenvalue weighted by molar-refractivity contribution is 7.10. The second-order valence-corrected chi connectivity index (χ2v) is 4.34. The molecular formula is C11H17NO2S. The Bertz CT molecular complexity index is 272. The van der Waals surface area contributed by atoms with Gasteiger partial charge in [0.05, 0.1) is 6.42 Å². The van der Waals surface area contributed by atoms with Crippen molar-refractivity contribution in [3.05, 3.63) is 22.4 Å². The van der Waals surface area contributed by atoms with E-state index < -0.39 is 0 Å². The quantitative estimate of drug-likeness (QED) is 0.722. The van der Waals surface area contributed by atoms with E-state index in [1.807, 2.05) is 17.5 Å². The van der Waals surface area contributed by atoms with Gasteiger partial charge in [0.25, 0.3) is 0 Å². The molecule has 0 spiro atoms. The first-order chi connectivity index (χ1) is 7.33. The molecule has 1 aromatic heterocycles. The zero-order chi connectivity index (χ0) is 10.9. The summed E-state index contributed by atoms with van der Waals surface area (Å²) in [6.07, 6.45) is 2.47. The van der Waals surface area contributed by atoms with Gasteiger partial charge in [-0.25, -0.2) is 0 Å². The van der Waals surface area contributed by atoms with Gasteiger partial charge in [0.1, 0.15) is 0 Å². The highest BCUT2D eigenvalue weighted by Crippen LogP contribution is 2.08. The van der Waals surface area contributed by atoms with Crippen molar-refractivity contribution in [2.75, 3.05) is 20.3 Å². The fourth-order valence-corrected chi connectivity index (χ4v) is 1.94. The fourth-order valence-electron chi connectivity index (χ4n) is 1.23. The second-order valence-electron chi connectivity index (χ2n) is 3.31. The Morgan fingerprint density at radius 1 is 1.53 bits per heavy atom. The zero-order valence-electron chi connectivity index (χ0n) is 8.99. The van der Waals surface area contributed by atoms with Crippen LogP contribution in [0.15, 0.2) is 17.5 Å². The third kappa shape index (κ3) is 5.54. The number of methoxy groups -OCH3 is 1. The molecule has 4 heteroatoms. The molecule has 0 bridgehead atoms. The normalized spacial score (nSPS) is 10.2. The molecular weight excluding hydrogens is 210 g/mol. The first-order valence-electron chi connectivity index (χ1n) is 5.11. The number of hydrogen-bond acceptors (Lipinski definition) is 3. The Labute approximate surface area is 94.5 Å². The topological polar surface area (TPSA) is 38.3 Å². The van der Waals surface area contributed by atoms with Crippen LogP contribution in [0.1, 0.15) is 17.7 Å². The highest BCUT2D eigenvalue weighted by Gasteiger charge is 2.02. The lowest BCUT2D eigenvalue weighted by Gasteiger charge is -2.03. The standard InChI is InChI=1S/C11H17NO2S/c1-14-7-3-2-6-12-11(13)9-10-5-4-8-15-10/h4-5,8H,2-3,6-7,9H2,1H3,(H,12,13). The van der Waals surface area contributed by atoms with Gasteiger partial charge in [0, 0.05) is 25.1 Å². The molecule has 1 amide bonds. The van der Waals surface area contributed by atoms with E-state index in [1.165, 1.54) is 0 Å². The van der Waals surface area contributed by atoms with Crippen LogP contribution in [0.2, 0.25) is 0 Å². The van der Waals surface area contributed by atoms with Gasteiger partial charge in [0.2, 0.25) is 5.91 Å². The van der Waals surface area contributed by atoms with Crippen LogP contribution in [0.5, 0.6) is 0 Å². The average Bonchev–Trinajstić information content (AvgIpc) is 2.70. The molecule has 0 radical (unpaired) electrons. The van der Waals surface area contributed by atoms with Crippen molar-refractivity contribution in [2.24, 2.45) is 0 Å². The molecule has 0 unspecified atom stereocenters. The van der Waals surface area contributed by atoms with Crippen molar-refractivity contribution in [1.82, 2.24) is 5.32 Å². The first-order valence-corrected chi connectivity index (χ1v) is 5.99. The van der Waals surface area contributed by atoms with E-state index in [0.29, 0.717) is 6.42 Å². The van der Waals surface area contributed by atoms with Crippen LogP contribution in [0.4, 0.5) is 0 Å². The van der Waals surface area contributed by atoms with Crippen LogP contribution in [0.25, 0.3) is 0 Å². The van der Waals surface area contributed by atoms with E-state index in [2.05, 4.69) is 5.32 Å². The number of rotatable bonds is 7. The number of ether oxygens (including phenoxy) is 1. The van der Waals surface area contributed by atoms with Gasteiger partial charge < -0.3 is 10.1 Å². The number of amides is 1. The van der Waals surface area contributed by atoms with E-state index in [9.17, 15) is 4.79 Å². The summed E-state index contributed by atoms with van der Waals surface area (Å²) in [6, 6.07) is 3.95. The molecule has 0 aromatic carbocycles. The molecule has 1 aromatic rings. The lowest BCUT2D eigenvalue weighted by Crippen LogP contribution is -2.25. The van der Waals surface area contributed by atoms with Crippen molar-refractivity contribution < 1.29 is 9.53 Å². The number of carbonyl (C=O) groups excluding carboxylic acids is 1. The molecule has 0 aliphatic rings. The minimum Gasteiger partial charge on any atom is -0.385 e. The molecule has 0 saturated heterocycles. The number of unbranched alkanes of at least 4 members (excludes halogenated alkanes) is 1.